The Bertz CT molecular complexity index is 380. The molecule has 0 saturated carbocycles. The maximum Gasteiger partial charge on any atom is 0.162 e. The second-order valence-corrected chi connectivity index (χ2v) is 4.73. The van der Waals surface area contributed by atoms with Gasteiger partial charge in [-0.25, -0.2) is 0 Å². The SMILES string of the molecule is CCCNCc1ccc(OC)c(OC(C)C(C)O)c1. The number of methoxy groups -OCH3 is 1. The lowest BCUT2D eigenvalue weighted by molar-refractivity contribution is 0.0586. The van der Waals surface area contributed by atoms with E-state index in [1.54, 1.807) is 14.0 Å². The molecule has 0 aliphatic heterocycles. The minimum atomic E-state index is -0.522. The zero-order chi connectivity index (χ0) is 14.3. The molecule has 0 aromatic heterocycles. The summed E-state index contributed by atoms with van der Waals surface area (Å²) in [5.74, 6) is 1.36. The van der Waals surface area contributed by atoms with Crippen LogP contribution in [-0.4, -0.2) is 31.0 Å². The number of rotatable bonds is 8. The van der Waals surface area contributed by atoms with E-state index in [2.05, 4.69) is 12.2 Å². The third-order valence-corrected chi connectivity index (χ3v) is 2.98. The summed E-state index contributed by atoms with van der Waals surface area (Å²) in [5.41, 5.74) is 1.14. The van der Waals surface area contributed by atoms with Crippen molar-refractivity contribution < 1.29 is 14.6 Å². The molecule has 0 amide bonds. The number of hydrogen-bond donors (Lipinski definition) is 2. The van der Waals surface area contributed by atoms with Gasteiger partial charge >= 0.3 is 0 Å². The molecule has 0 aliphatic carbocycles. The van der Waals surface area contributed by atoms with Crippen LogP contribution in [-0.2, 0) is 6.54 Å². The lowest BCUT2D eigenvalue weighted by atomic mass is 10.2. The van der Waals surface area contributed by atoms with E-state index in [-0.39, 0.29) is 6.10 Å². The van der Waals surface area contributed by atoms with E-state index in [1.165, 1.54) is 0 Å². The van der Waals surface area contributed by atoms with Crippen molar-refractivity contribution in [3.8, 4) is 11.5 Å². The Hall–Kier alpha value is -1.26. The monoisotopic (exact) mass is 267 g/mol. The van der Waals surface area contributed by atoms with Crippen LogP contribution in [0.5, 0.6) is 11.5 Å². The van der Waals surface area contributed by atoms with Gasteiger partial charge in [-0.1, -0.05) is 13.0 Å². The van der Waals surface area contributed by atoms with Crippen molar-refractivity contribution in [2.45, 2.75) is 45.9 Å². The molecule has 1 aromatic rings. The Morgan fingerprint density at radius 3 is 2.58 bits per heavy atom. The molecular weight excluding hydrogens is 242 g/mol. The summed E-state index contributed by atoms with van der Waals surface area (Å²) in [5, 5.41) is 12.9. The van der Waals surface area contributed by atoms with Crippen molar-refractivity contribution in [1.29, 1.82) is 0 Å². The molecule has 19 heavy (non-hydrogen) atoms. The smallest absolute Gasteiger partial charge is 0.162 e. The highest BCUT2D eigenvalue weighted by Gasteiger charge is 2.14. The molecule has 0 bridgehead atoms. The summed E-state index contributed by atoms with van der Waals surface area (Å²) >= 11 is 0. The lowest BCUT2D eigenvalue weighted by Gasteiger charge is -2.19. The Balaban J connectivity index is 2.77. The summed E-state index contributed by atoms with van der Waals surface area (Å²) in [7, 11) is 1.62. The average molecular weight is 267 g/mol. The molecule has 2 N–H and O–H groups in total. The topological polar surface area (TPSA) is 50.7 Å². The summed E-state index contributed by atoms with van der Waals surface area (Å²) < 4.78 is 11.0. The molecule has 4 heteroatoms. The predicted octanol–water partition coefficient (Wildman–Crippen LogP) is 2.34. The molecule has 1 aromatic carbocycles. The highest BCUT2D eigenvalue weighted by molar-refractivity contribution is 5.43. The fourth-order valence-electron chi connectivity index (χ4n) is 1.63. The third-order valence-electron chi connectivity index (χ3n) is 2.98. The van der Waals surface area contributed by atoms with Gasteiger partial charge in [0.1, 0.15) is 6.10 Å². The van der Waals surface area contributed by atoms with Crippen LogP contribution in [0.25, 0.3) is 0 Å². The van der Waals surface area contributed by atoms with Crippen LogP contribution in [0.1, 0.15) is 32.8 Å². The first-order chi connectivity index (χ1) is 9.08. The van der Waals surface area contributed by atoms with E-state index in [9.17, 15) is 5.11 Å². The van der Waals surface area contributed by atoms with Gasteiger partial charge in [0.15, 0.2) is 11.5 Å². The van der Waals surface area contributed by atoms with Gasteiger partial charge in [-0.05, 0) is 44.5 Å². The van der Waals surface area contributed by atoms with Gasteiger partial charge in [-0.15, -0.1) is 0 Å². The number of aliphatic hydroxyl groups excluding tert-OH is 1. The molecule has 108 valence electrons. The maximum absolute atomic E-state index is 9.51. The van der Waals surface area contributed by atoms with Gasteiger partial charge in [-0.3, -0.25) is 0 Å². The van der Waals surface area contributed by atoms with Crippen molar-refractivity contribution in [1.82, 2.24) is 5.32 Å². The van der Waals surface area contributed by atoms with Gasteiger partial charge < -0.3 is 19.9 Å². The molecular formula is C15H25NO3. The van der Waals surface area contributed by atoms with Crippen LogP contribution in [0, 0.1) is 0 Å². The maximum atomic E-state index is 9.51. The van der Waals surface area contributed by atoms with E-state index in [0.29, 0.717) is 11.5 Å². The second-order valence-electron chi connectivity index (χ2n) is 4.73. The normalized spacial score (nSPS) is 13.9. The molecule has 0 saturated heterocycles. The first kappa shape index (κ1) is 15.8. The largest absolute Gasteiger partial charge is 0.493 e. The Labute approximate surface area is 115 Å². The van der Waals surface area contributed by atoms with Gasteiger partial charge in [-0.2, -0.15) is 0 Å². The average Bonchev–Trinajstić information content (AvgIpc) is 2.39. The minimum Gasteiger partial charge on any atom is -0.493 e. The predicted molar refractivity (Wildman–Crippen MR) is 76.8 cm³/mol. The van der Waals surface area contributed by atoms with Crippen LogP contribution in [0.3, 0.4) is 0 Å². The van der Waals surface area contributed by atoms with Crippen molar-refractivity contribution in [3.05, 3.63) is 23.8 Å². The van der Waals surface area contributed by atoms with Crippen LogP contribution in [0.2, 0.25) is 0 Å². The quantitative estimate of drug-likeness (QED) is 0.710. The molecule has 0 heterocycles. The molecule has 4 nitrogen and oxygen atoms in total. The Kier molecular flexibility index (Phi) is 6.67. The number of aliphatic hydroxyl groups is 1. The summed E-state index contributed by atoms with van der Waals surface area (Å²) in [6.07, 6.45) is 0.317. The summed E-state index contributed by atoms with van der Waals surface area (Å²) in [4.78, 5) is 0. The van der Waals surface area contributed by atoms with Crippen molar-refractivity contribution in [2.24, 2.45) is 0 Å². The fraction of sp³-hybridized carbons (Fsp3) is 0.600. The van der Waals surface area contributed by atoms with Crippen LogP contribution < -0.4 is 14.8 Å². The first-order valence-corrected chi connectivity index (χ1v) is 6.80. The van der Waals surface area contributed by atoms with E-state index in [0.717, 1.165) is 25.1 Å². The fourth-order valence-corrected chi connectivity index (χ4v) is 1.63. The Morgan fingerprint density at radius 1 is 1.26 bits per heavy atom. The molecule has 1 rings (SSSR count). The highest BCUT2D eigenvalue weighted by atomic mass is 16.5. The minimum absolute atomic E-state index is 0.271. The van der Waals surface area contributed by atoms with Crippen LogP contribution >= 0.6 is 0 Å². The first-order valence-electron chi connectivity index (χ1n) is 6.80. The van der Waals surface area contributed by atoms with Gasteiger partial charge in [0, 0.05) is 6.54 Å². The van der Waals surface area contributed by atoms with Gasteiger partial charge in [0.25, 0.3) is 0 Å². The number of hydrogen-bond acceptors (Lipinski definition) is 4. The molecule has 0 radical (unpaired) electrons. The van der Waals surface area contributed by atoms with Crippen molar-refractivity contribution in [3.63, 3.8) is 0 Å². The second kappa shape index (κ2) is 8.02. The van der Waals surface area contributed by atoms with Crippen LogP contribution in [0.15, 0.2) is 18.2 Å². The summed E-state index contributed by atoms with van der Waals surface area (Å²) in [6, 6.07) is 5.87. The molecule has 0 spiro atoms. The standard InChI is InChI=1S/C15H25NO3/c1-5-8-16-10-13-6-7-14(18-4)15(9-13)19-12(3)11(2)17/h6-7,9,11-12,16-17H,5,8,10H2,1-4H3. The zero-order valence-corrected chi connectivity index (χ0v) is 12.3. The van der Waals surface area contributed by atoms with Crippen molar-refractivity contribution >= 4 is 0 Å². The zero-order valence-electron chi connectivity index (χ0n) is 12.3. The number of benzene rings is 1. The molecule has 2 unspecified atom stereocenters. The molecule has 2 atom stereocenters. The molecule has 0 fully saturated rings. The van der Waals surface area contributed by atoms with E-state index in [4.69, 9.17) is 9.47 Å². The highest BCUT2D eigenvalue weighted by Crippen LogP contribution is 2.29. The lowest BCUT2D eigenvalue weighted by Crippen LogP contribution is -2.25. The van der Waals surface area contributed by atoms with Crippen molar-refractivity contribution in [2.75, 3.05) is 13.7 Å². The molecule has 0 aliphatic rings. The van der Waals surface area contributed by atoms with Gasteiger partial charge in [0.2, 0.25) is 0 Å². The number of ether oxygens (including phenoxy) is 2. The van der Waals surface area contributed by atoms with E-state index in [1.807, 2.05) is 25.1 Å². The third kappa shape index (κ3) is 5.09. The van der Waals surface area contributed by atoms with Gasteiger partial charge in [0.05, 0.1) is 13.2 Å². The Morgan fingerprint density at radius 2 is 2.00 bits per heavy atom. The number of nitrogens with one attached hydrogen (secondary N) is 1. The van der Waals surface area contributed by atoms with E-state index >= 15 is 0 Å². The van der Waals surface area contributed by atoms with Crippen LogP contribution in [0.4, 0.5) is 0 Å². The summed E-state index contributed by atoms with van der Waals surface area (Å²) in [6.45, 7) is 7.49. The van der Waals surface area contributed by atoms with E-state index < -0.39 is 6.10 Å².